The fraction of sp³-hybridized carbons (Fsp3) is 0.400. The van der Waals surface area contributed by atoms with E-state index in [0.29, 0.717) is 23.1 Å². The standard InChI is InChI=1S/C15H19N5O3S/c1-3-4-8-23-14(22)10-24-15-17-18-19-20(15)13-7-5-6-12(9-13)16-11(2)21/h5-7,9H,3-4,8,10H2,1-2H3,(H,16,21). The van der Waals surface area contributed by atoms with E-state index in [9.17, 15) is 9.59 Å². The fourth-order valence-corrected chi connectivity index (χ4v) is 2.53. The number of benzene rings is 1. The highest BCUT2D eigenvalue weighted by Gasteiger charge is 2.12. The third-order valence-corrected chi connectivity index (χ3v) is 3.82. The number of anilines is 1. The number of hydrogen-bond donors (Lipinski definition) is 1. The van der Waals surface area contributed by atoms with Gasteiger partial charge in [0.05, 0.1) is 18.0 Å². The van der Waals surface area contributed by atoms with Crippen molar-refractivity contribution in [3.8, 4) is 5.69 Å². The number of amides is 1. The quantitative estimate of drug-likeness (QED) is 0.442. The van der Waals surface area contributed by atoms with Crippen molar-refractivity contribution < 1.29 is 14.3 Å². The van der Waals surface area contributed by atoms with E-state index in [-0.39, 0.29) is 17.6 Å². The van der Waals surface area contributed by atoms with Gasteiger partial charge >= 0.3 is 5.97 Å². The van der Waals surface area contributed by atoms with E-state index in [0.717, 1.165) is 12.8 Å². The van der Waals surface area contributed by atoms with Crippen LogP contribution < -0.4 is 5.32 Å². The molecule has 2 rings (SSSR count). The van der Waals surface area contributed by atoms with Gasteiger partial charge in [-0.2, -0.15) is 4.68 Å². The van der Waals surface area contributed by atoms with Gasteiger partial charge in [0, 0.05) is 12.6 Å². The molecule has 0 radical (unpaired) electrons. The number of aromatic nitrogens is 4. The lowest BCUT2D eigenvalue weighted by Gasteiger charge is -2.07. The lowest BCUT2D eigenvalue weighted by Crippen LogP contribution is -2.10. The van der Waals surface area contributed by atoms with Gasteiger partial charge in [-0.15, -0.1) is 5.10 Å². The molecule has 0 fully saturated rings. The average Bonchev–Trinajstić information content (AvgIpc) is 3.01. The summed E-state index contributed by atoms with van der Waals surface area (Å²) in [4.78, 5) is 22.8. The molecule has 2 aromatic rings. The largest absolute Gasteiger partial charge is 0.465 e. The summed E-state index contributed by atoms with van der Waals surface area (Å²) in [6.07, 6.45) is 1.83. The Morgan fingerprint density at radius 3 is 2.96 bits per heavy atom. The number of rotatable bonds is 8. The third-order valence-electron chi connectivity index (χ3n) is 2.93. The molecule has 0 aliphatic heterocycles. The summed E-state index contributed by atoms with van der Waals surface area (Å²) in [5.41, 5.74) is 1.33. The summed E-state index contributed by atoms with van der Waals surface area (Å²) >= 11 is 1.20. The number of esters is 1. The molecular weight excluding hydrogens is 330 g/mol. The predicted molar refractivity (Wildman–Crippen MR) is 90.0 cm³/mol. The minimum Gasteiger partial charge on any atom is -0.465 e. The van der Waals surface area contributed by atoms with Crippen molar-refractivity contribution >= 4 is 29.3 Å². The smallest absolute Gasteiger partial charge is 0.316 e. The first-order valence-electron chi connectivity index (χ1n) is 7.55. The number of carbonyl (C=O) groups excluding carboxylic acids is 2. The van der Waals surface area contributed by atoms with Gasteiger partial charge in [-0.1, -0.05) is 31.2 Å². The predicted octanol–water partition coefficient (Wildman–Crippen LogP) is 2.06. The maximum atomic E-state index is 11.7. The molecule has 0 spiro atoms. The van der Waals surface area contributed by atoms with E-state index in [1.165, 1.54) is 23.4 Å². The molecule has 0 unspecified atom stereocenters. The van der Waals surface area contributed by atoms with Crippen LogP contribution >= 0.6 is 11.8 Å². The van der Waals surface area contributed by atoms with E-state index < -0.39 is 0 Å². The Morgan fingerprint density at radius 1 is 1.38 bits per heavy atom. The van der Waals surface area contributed by atoms with Crippen molar-refractivity contribution in [3.63, 3.8) is 0 Å². The van der Waals surface area contributed by atoms with Crippen LogP contribution in [0.1, 0.15) is 26.7 Å². The molecule has 1 aromatic carbocycles. The van der Waals surface area contributed by atoms with Gasteiger partial charge < -0.3 is 10.1 Å². The van der Waals surface area contributed by atoms with Crippen LogP contribution in [-0.4, -0.2) is 44.4 Å². The van der Waals surface area contributed by atoms with Crippen LogP contribution in [0.2, 0.25) is 0 Å². The molecule has 0 atom stereocenters. The SMILES string of the molecule is CCCCOC(=O)CSc1nnnn1-c1cccc(NC(C)=O)c1. The second-order valence-electron chi connectivity index (χ2n) is 4.97. The summed E-state index contributed by atoms with van der Waals surface area (Å²) in [7, 11) is 0. The van der Waals surface area contributed by atoms with Crippen LogP contribution in [0, 0.1) is 0 Å². The Labute approximate surface area is 144 Å². The van der Waals surface area contributed by atoms with E-state index in [2.05, 4.69) is 20.8 Å². The zero-order valence-corrected chi connectivity index (χ0v) is 14.4. The van der Waals surface area contributed by atoms with Crippen molar-refractivity contribution in [2.75, 3.05) is 17.7 Å². The van der Waals surface area contributed by atoms with Gasteiger partial charge in [-0.25, -0.2) is 0 Å². The van der Waals surface area contributed by atoms with Gasteiger partial charge in [-0.05, 0) is 35.0 Å². The Hall–Kier alpha value is -2.42. The lowest BCUT2D eigenvalue weighted by molar-refractivity contribution is -0.140. The number of thioether (sulfide) groups is 1. The van der Waals surface area contributed by atoms with Crippen molar-refractivity contribution in [2.24, 2.45) is 0 Å². The van der Waals surface area contributed by atoms with Gasteiger partial charge in [0.25, 0.3) is 0 Å². The Balaban J connectivity index is 2.02. The van der Waals surface area contributed by atoms with Crippen LogP contribution in [0.5, 0.6) is 0 Å². The number of nitrogens with zero attached hydrogens (tertiary/aromatic N) is 4. The summed E-state index contributed by atoms with van der Waals surface area (Å²) in [6.45, 7) is 3.90. The maximum Gasteiger partial charge on any atom is 0.316 e. The Kier molecular flexibility index (Phi) is 6.74. The summed E-state index contributed by atoms with van der Waals surface area (Å²) in [6, 6.07) is 7.12. The summed E-state index contributed by atoms with van der Waals surface area (Å²) in [5.74, 6) is -0.321. The first-order chi connectivity index (χ1) is 11.6. The molecule has 1 amide bonds. The van der Waals surface area contributed by atoms with E-state index in [4.69, 9.17) is 4.74 Å². The highest BCUT2D eigenvalue weighted by Crippen LogP contribution is 2.20. The molecule has 1 N–H and O–H groups in total. The highest BCUT2D eigenvalue weighted by molar-refractivity contribution is 7.99. The highest BCUT2D eigenvalue weighted by atomic mass is 32.2. The lowest BCUT2D eigenvalue weighted by atomic mass is 10.3. The molecule has 0 saturated heterocycles. The van der Waals surface area contributed by atoms with E-state index in [1.807, 2.05) is 13.0 Å². The normalized spacial score (nSPS) is 10.4. The molecule has 0 aliphatic rings. The second kappa shape index (κ2) is 9.02. The molecule has 9 heteroatoms. The van der Waals surface area contributed by atoms with Gasteiger partial charge in [0.15, 0.2) is 0 Å². The number of ether oxygens (including phenoxy) is 1. The molecule has 0 bridgehead atoms. The van der Waals surface area contributed by atoms with Crippen molar-refractivity contribution in [3.05, 3.63) is 24.3 Å². The van der Waals surface area contributed by atoms with Crippen molar-refractivity contribution in [2.45, 2.75) is 31.8 Å². The molecular formula is C15H19N5O3S. The second-order valence-corrected chi connectivity index (χ2v) is 5.91. The zero-order valence-electron chi connectivity index (χ0n) is 13.6. The molecule has 128 valence electrons. The fourth-order valence-electron chi connectivity index (χ4n) is 1.85. The number of unbranched alkanes of at least 4 members (excludes halogenated alkanes) is 1. The van der Waals surface area contributed by atoms with Crippen molar-refractivity contribution in [1.29, 1.82) is 0 Å². The van der Waals surface area contributed by atoms with E-state index in [1.54, 1.807) is 18.2 Å². The first-order valence-corrected chi connectivity index (χ1v) is 8.53. The third kappa shape index (κ3) is 5.34. The van der Waals surface area contributed by atoms with Crippen LogP contribution in [0.4, 0.5) is 5.69 Å². The molecule has 0 aliphatic carbocycles. The van der Waals surface area contributed by atoms with Crippen LogP contribution in [0.3, 0.4) is 0 Å². The van der Waals surface area contributed by atoms with Gasteiger partial charge in [0.2, 0.25) is 11.1 Å². The summed E-state index contributed by atoms with van der Waals surface area (Å²) in [5, 5.41) is 14.7. The van der Waals surface area contributed by atoms with Crippen LogP contribution in [0.15, 0.2) is 29.4 Å². The molecule has 1 aromatic heterocycles. The average molecular weight is 349 g/mol. The van der Waals surface area contributed by atoms with Gasteiger partial charge in [-0.3, -0.25) is 9.59 Å². The molecule has 8 nitrogen and oxygen atoms in total. The molecule has 0 saturated carbocycles. The van der Waals surface area contributed by atoms with Crippen LogP contribution in [-0.2, 0) is 14.3 Å². The topological polar surface area (TPSA) is 99.0 Å². The monoisotopic (exact) mass is 349 g/mol. The minimum absolute atomic E-state index is 0.134. The Bertz CT molecular complexity index is 704. The summed E-state index contributed by atoms with van der Waals surface area (Å²) < 4.78 is 6.61. The number of hydrogen-bond acceptors (Lipinski definition) is 7. The Morgan fingerprint density at radius 2 is 2.21 bits per heavy atom. The maximum absolute atomic E-state index is 11.7. The van der Waals surface area contributed by atoms with E-state index >= 15 is 0 Å². The zero-order chi connectivity index (χ0) is 17.4. The molecule has 1 heterocycles. The number of tetrazole rings is 1. The van der Waals surface area contributed by atoms with Crippen LogP contribution in [0.25, 0.3) is 5.69 Å². The first kappa shape index (κ1) is 17.9. The minimum atomic E-state index is -0.296. The van der Waals surface area contributed by atoms with Crippen molar-refractivity contribution in [1.82, 2.24) is 20.2 Å². The van der Waals surface area contributed by atoms with Gasteiger partial charge in [0.1, 0.15) is 0 Å². The molecule has 24 heavy (non-hydrogen) atoms. The number of carbonyl (C=O) groups is 2. The number of nitrogens with one attached hydrogen (secondary N) is 1.